The van der Waals surface area contributed by atoms with Crippen molar-refractivity contribution in [3.8, 4) is 28.8 Å². The first-order valence-electron chi connectivity index (χ1n) is 14.9. The van der Waals surface area contributed by atoms with E-state index in [1.807, 2.05) is 29.8 Å². The second kappa shape index (κ2) is 13.0. The summed E-state index contributed by atoms with van der Waals surface area (Å²) < 4.78 is 20.3. The number of anilines is 1. The Labute approximate surface area is 271 Å². The van der Waals surface area contributed by atoms with Gasteiger partial charge in [-0.05, 0) is 45.2 Å². The molecule has 2 atom stereocenters. The highest BCUT2D eigenvalue weighted by Gasteiger charge is 2.40. The van der Waals surface area contributed by atoms with E-state index in [1.165, 1.54) is 12.4 Å². The Hall–Kier alpha value is -3.66. The quantitative estimate of drug-likeness (QED) is 0.221. The van der Waals surface area contributed by atoms with Crippen LogP contribution in [0.25, 0.3) is 22.2 Å². The van der Waals surface area contributed by atoms with E-state index in [-0.39, 0.29) is 18.4 Å². The number of hydrogen-bond acceptors (Lipinski definition) is 10. The molecule has 0 bridgehead atoms. The van der Waals surface area contributed by atoms with Gasteiger partial charge in [0.15, 0.2) is 17.7 Å². The van der Waals surface area contributed by atoms with Crippen LogP contribution in [0.1, 0.15) is 56.6 Å². The van der Waals surface area contributed by atoms with Gasteiger partial charge in [-0.3, -0.25) is 4.98 Å². The number of aliphatic hydroxyl groups excluding tert-OH is 1. The molecule has 6 rings (SSSR count). The number of nitrogens with one attached hydrogen (secondary N) is 1. The molecule has 2 aliphatic rings. The molecule has 4 aromatic rings. The summed E-state index contributed by atoms with van der Waals surface area (Å²) in [5.41, 5.74) is 2.92. The van der Waals surface area contributed by atoms with Gasteiger partial charge in [-0.15, -0.1) is 0 Å². The number of hydrogen-bond donors (Lipinski definition) is 2. The molecule has 45 heavy (non-hydrogen) atoms. The lowest BCUT2D eigenvalue weighted by Gasteiger charge is -2.49. The van der Waals surface area contributed by atoms with Crippen molar-refractivity contribution in [3.05, 3.63) is 58.0 Å². The van der Waals surface area contributed by atoms with Crippen LogP contribution in [0.2, 0.25) is 10.0 Å². The van der Waals surface area contributed by atoms with E-state index in [0.717, 1.165) is 30.2 Å². The number of halogens is 2. The zero-order valence-electron chi connectivity index (χ0n) is 25.4. The second-order valence-electron chi connectivity index (χ2n) is 11.6. The molecule has 0 spiro atoms. The molecule has 3 aromatic heterocycles. The maximum Gasteiger partial charge on any atom is 0.162 e. The van der Waals surface area contributed by atoms with E-state index in [0.29, 0.717) is 76.0 Å². The number of ether oxygens (including phenoxy) is 3. The van der Waals surface area contributed by atoms with Crippen molar-refractivity contribution in [2.24, 2.45) is 0 Å². The van der Waals surface area contributed by atoms with Crippen LogP contribution in [-0.4, -0.2) is 70.4 Å². The number of methoxy groups -OCH3 is 1. The molecule has 0 aliphatic carbocycles. The molecular formula is C32H35Cl2N7O4. The highest BCUT2D eigenvalue weighted by molar-refractivity contribution is 6.35. The van der Waals surface area contributed by atoms with E-state index >= 15 is 0 Å². The molecule has 236 valence electrons. The summed E-state index contributed by atoms with van der Waals surface area (Å²) in [6.07, 6.45) is 6.81. The third-order valence-electron chi connectivity index (χ3n) is 8.36. The van der Waals surface area contributed by atoms with Gasteiger partial charge in [0.2, 0.25) is 0 Å². The Kier molecular flexibility index (Phi) is 9.04. The van der Waals surface area contributed by atoms with Gasteiger partial charge >= 0.3 is 0 Å². The number of benzene rings is 1. The molecule has 5 heterocycles. The van der Waals surface area contributed by atoms with Crippen molar-refractivity contribution >= 4 is 39.9 Å². The number of aliphatic hydroxyl groups is 1. The third kappa shape index (κ3) is 6.01. The summed E-state index contributed by atoms with van der Waals surface area (Å²) in [6, 6.07) is 8.00. The fraction of sp³-hybridized carbons (Fsp3) is 0.438. The number of rotatable bonds is 10. The molecule has 11 nitrogen and oxygen atoms in total. The van der Waals surface area contributed by atoms with E-state index in [4.69, 9.17) is 42.5 Å². The van der Waals surface area contributed by atoms with Crippen LogP contribution in [0, 0.1) is 11.3 Å². The first-order valence-corrected chi connectivity index (χ1v) is 15.7. The standard InChI is InChI=1S/C32H35Cl2N7O4/c1-19(29-23(33)15-36-16-24(29)34)45-27-12-21-25(13-26(27)43-3)41(28-6-4-5-11-44-28)39-30(21)20-7-8-37-31(22(20)14-35)40-17-32(2,18-40)38-9-10-42/h7-8,12-13,15-16,19,28,38,42H,4-6,9-11,17-18H2,1-3H3/t19-,28?/m1/s1. The van der Waals surface area contributed by atoms with Gasteiger partial charge in [0.25, 0.3) is 0 Å². The van der Waals surface area contributed by atoms with Crippen molar-refractivity contribution in [3.63, 3.8) is 0 Å². The zero-order chi connectivity index (χ0) is 31.7. The fourth-order valence-electron chi connectivity index (χ4n) is 6.20. The Bertz CT molecular complexity index is 1730. The summed E-state index contributed by atoms with van der Waals surface area (Å²) in [5.74, 6) is 1.56. The summed E-state index contributed by atoms with van der Waals surface area (Å²) in [7, 11) is 1.59. The van der Waals surface area contributed by atoms with Crippen molar-refractivity contribution in [1.29, 1.82) is 5.26 Å². The number of nitriles is 1. The topological polar surface area (TPSA) is 131 Å². The Balaban J connectivity index is 1.46. The van der Waals surface area contributed by atoms with Crippen LogP contribution in [0.15, 0.2) is 36.8 Å². The smallest absolute Gasteiger partial charge is 0.162 e. The Morgan fingerprint density at radius 1 is 1.22 bits per heavy atom. The lowest BCUT2D eigenvalue weighted by Crippen LogP contribution is -2.68. The number of nitrogens with zero attached hydrogens (tertiary/aromatic N) is 6. The minimum atomic E-state index is -0.526. The van der Waals surface area contributed by atoms with Crippen molar-refractivity contribution in [2.75, 3.05) is 44.9 Å². The van der Waals surface area contributed by atoms with Gasteiger partial charge < -0.3 is 29.5 Å². The summed E-state index contributed by atoms with van der Waals surface area (Å²) in [4.78, 5) is 10.7. The average molecular weight is 653 g/mol. The highest BCUT2D eigenvalue weighted by Crippen LogP contribution is 2.43. The first kappa shape index (κ1) is 31.3. The second-order valence-corrected chi connectivity index (χ2v) is 12.5. The molecule has 0 amide bonds. The lowest BCUT2D eigenvalue weighted by molar-refractivity contribution is -0.0365. The van der Waals surface area contributed by atoms with Crippen molar-refractivity contribution in [2.45, 2.75) is 51.0 Å². The molecule has 2 saturated heterocycles. The maximum atomic E-state index is 10.5. The minimum Gasteiger partial charge on any atom is -0.493 e. The Morgan fingerprint density at radius 2 is 2.00 bits per heavy atom. The van der Waals surface area contributed by atoms with Crippen LogP contribution >= 0.6 is 23.2 Å². The van der Waals surface area contributed by atoms with Gasteiger partial charge in [-0.2, -0.15) is 10.4 Å². The summed E-state index contributed by atoms with van der Waals surface area (Å²) in [6.45, 7) is 6.46. The van der Waals surface area contributed by atoms with Crippen LogP contribution < -0.4 is 19.7 Å². The maximum absolute atomic E-state index is 10.5. The average Bonchev–Trinajstić information content (AvgIpc) is 3.40. The van der Waals surface area contributed by atoms with Gasteiger partial charge in [0.1, 0.15) is 29.2 Å². The monoisotopic (exact) mass is 651 g/mol. The molecule has 1 unspecified atom stereocenters. The predicted molar refractivity (Wildman–Crippen MR) is 172 cm³/mol. The first-order chi connectivity index (χ1) is 21.8. The summed E-state index contributed by atoms with van der Waals surface area (Å²) in [5, 5.41) is 29.7. The minimum absolute atomic E-state index is 0.0606. The zero-order valence-corrected chi connectivity index (χ0v) is 26.9. The van der Waals surface area contributed by atoms with Crippen LogP contribution in [0.5, 0.6) is 11.5 Å². The molecule has 0 radical (unpaired) electrons. The van der Waals surface area contributed by atoms with Crippen LogP contribution in [0.3, 0.4) is 0 Å². The third-order valence-corrected chi connectivity index (χ3v) is 8.96. The number of β-amino-alcohol motifs (C(OH)–C–C–N with tert-alkyl or cyclic N) is 1. The molecule has 2 aliphatic heterocycles. The highest BCUT2D eigenvalue weighted by atomic mass is 35.5. The summed E-state index contributed by atoms with van der Waals surface area (Å²) >= 11 is 12.9. The predicted octanol–water partition coefficient (Wildman–Crippen LogP) is 5.68. The number of aromatic nitrogens is 4. The molecule has 0 saturated carbocycles. The van der Waals surface area contributed by atoms with Gasteiger partial charge in [0, 0.05) is 67.4 Å². The lowest BCUT2D eigenvalue weighted by atomic mass is 9.91. The number of fused-ring (bicyclic) bond motifs is 1. The molecule has 1 aromatic carbocycles. The Morgan fingerprint density at radius 3 is 2.67 bits per heavy atom. The van der Waals surface area contributed by atoms with Gasteiger partial charge in [-0.1, -0.05) is 23.2 Å². The van der Waals surface area contributed by atoms with Crippen molar-refractivity contribution < 1.29 is 19.3 Å². The van der Waals surface area contributed by atoms with Crippen LogP contribution in [-0.2, 0) is 4.74 Å². The number of pyridine rings is 2. The van der Waals surface area contributed by atoms with E-state index in [1.54, 1.807) is 13.3 Å². The SMILES string of the molecule is COc1cc2c(cc1O[C@H](C)c1c(Cl)cncc1Cl)c(-c1ccnc(N3CC(C)(NCCO)C3)c1C#N)nn2C1CCCCO1. The largest absolute Gasteiger partial charge is 0.493 e. The normalized spacial score (nSPS) is 18.3. The van der Waals surface area contributed by atoms with Gasteiger partial charge in [-0.25, -0.2) is 9.67 Å². The molecule has 2 N–H and O–H groups in total. The van der Waals surface area contributed by atoms with E-state index in [9.17, 15) is 10.4 Å². The van der Waals surface area contributed by atoms with E-state index < -0.39 is 6.10 Å². The van der Waals surface area contributed by atoms with Crippen LogP contribution in [0.4, 0.5) is 5.82 Å². The molecular weight excluding hydrogens is 617 g/mol. The molecule has 13 heteroatoms. The van der Waals surface area contributed by atoms with E-state index in [2.05, 4.69) is 33.2 Å². The molecule has 2 fully saturated rings. The van der Waals surface area contributed by atoms with Crippen molar-refractivity contribution in [1.82, 2.24) is 25.1 Å². The fourth-order valence-corrected chi connectivity index (χ4v) is 6.88. The van der Waals surface area contributed by atoms with Gasteiger partial charge in [0.05, 0.1) is 34.8 Å².